The van der Waals surface area contributed by atoms with Crippen LogP contribution < -0.4 is 0 Å². The minimum absolute atomic E-state index is 0.321. The van der Waals surface area contributed by atoms with Crippen LogP contribution in [0.3, 0.4) is 0 Å². The topological polar surface area (TPSA) is 47.6 Å². The SMILES string of the molecule is CC(C)CC(C#N)(C#N)Cc1ccc(Cl)cc1. The number of halogens is 1. The Labute approximate surface area is 107 Å². The van der Waals surface area contributed by atoms with Crippen molar-refractivity contribution in [3.05, 3.63) is 34.9 Å². The molecule has 0 atom stereocenters. The summed E-state index contributed by atoms with van der Waals surface area (Å²) in [5.41, 5.74) is 0.0419. The van der Waals surface area contributed by atoms with Crippen molar-refractivity contribution in [1.29, 1.82) is 10.5 Å². The van der Waals surface area contributed by atoms with E-state index in [1.165, 1.54) is 0 Å². The maximum Gasteiger partial charge on any atom is 0.148 e. The van der Waals surface area contributed by atoms with Gasteiger partial charge in [0.2, 0.25) is 0 Å². The van der Waals surface area contributed by atoms with Gasteiger partial charge in [0.05, 0.1) is 12.1 Å². The average Bonchev–Trinajstić information content (AvgIpc) is 2.30. The Bertz CT molecular complexity index is 435. The predicted molar refractivity (Wildman–Crippen MR) is 68.3 cm³/mol. The molecule has 0 fully saturated rings. The van der Waals surface area contributed by atoms with E-state index in [2.05, 4.69) is 12.1 Å². The van der Waals surface area contributed by atoms with Crippen LogP contribution >= 0.6 is 11.6 Å². The van der Waals surface area contributed by atoms with E-state index in [-0.39, 0.29) is 0 Å². The molecule has 1 rings (SSSR count). The summed E-state index contributed by atoms with van der Waals surface area (Å²) in [6.45, 7) is 4.04. The number of nitriles is 2. The van der Waals surface area contributed by atoms with Crippen LogP contribution in [-0.4, -0.2) is 0 Å². The van der Waals surface area contributed by atoms with Gasteiger partial charge in [0.15, 0.2) is 0 Å². The highest BCUT2D eigenvalue weighted by atomic mass is 35.5. The summed E-state index contributed by atoms with van der Waals surface area (Å²) in [4.78, 5) is 0. The Balaban J connectivity index is 2.92. The van der Waals surface area contributed by atoms with Crippen molar-refractivity contribution in [3.63, 3.8) is 0 Å². The van der Waals surface area contributed by atoms with E-state index in [0.717, 1.165) is 5.56 Å². The molecule has 0 heterocycles. The Morgan fingerprint density at radius 3 is 2.12 bits per heavy atom. The monoisotopic (exact) mass is 246 g/mol. The zero-order valence-electron chi connectivity index (χ0n) is 10.1. The fourth-order valence-corrected chi connectivity index (χ4v) is 2.04. The maximum absolute atomic E-state index is 9.24. The van der Waals surface area contributed by atoms with Crippen molar-refractivity contribution in [2.75, 3.05) is 0 Å². The maximum atomic E-state index is 9.24. The van der Waals surface area contributed by atoms with Crippen LogP contribution in [0.2, 0.25) is 5.02 Å². The summed E-state index contributed by atoms with van der Waals surface area (Å²) in [6, 6.07) is 11.6. The summed E-state index contributed by atoms with van der Waals surface area (Å²) in [5.74, 6) is 0.321. The molecule has 88 valence electrons. The minimum atomic E-state index is -0.929. The zero-order chi connectivity index (χ0) is 12.9. The molecule has 1 aromatic carbocycles. The van der Waals surface area contributed by atoms with Crippen LogP contribution in [0.1, 0.15) is 25.8 Å². The Kier molecular flexibility index (Phi) is 4.55. The zero-order valence-corrected chi connectivity index (χ0v) is 10.8. The van der Waals surface area contributed by atoms with Gasteiger partial charge < -0.3 is 0 Å². The first-order chi connectivity index (χ1) is 8.01. The number of hydrogen-bond donors (Lipinski definition) is 0. The quantitative estimate of drug-likeness (QED) is 0.807. The fraction of sp³-hybridized carbons (Fsp3) is 0.429. The van der Waals surface area contributed by atoms with Crippen LogP contribution in [0.4, 0.5) is 0 Å². The molecule has 0 saturated heterocycles. The molecule has 17 heavy (non-hydrogen) atoms. The molecule has 0 spiro atoms. The van der Waals surface area contributed by atoms with Crippen molar-refractivity contribution in [2.45, 2.75) is 26.7 Å². The van der Waals surface area contributed by atoms with E-state index in [1.54, 1.807) is 12.1 Å². The van der Waals surface area contributed by atoms with Crippen molar-refractivity contribution < 1.29 is 0 Å². The fourth-order valence-electron chi connectivity index (χ4n) is 1.92. The van der Waals surface area contributed by atoms with Crippen LogP contribution in [0.25, 0.3) is 0 Å². The second-order valence-electron chi connectivity index (χ2n) is 4.71. The Hall–Kier alpha value is -1.51. The van der Waals surface area contributed by atoms with Gasteiger partial charge in [-0.05, 0) is 30.0 Å². The van der Waals surface area contributed by atoms with Gasteiger partial charge in [0.1, 0.15) is 5.41 Å². The lowest BCUT2D eigenvalue weighted by molar-refractivity contribution is 0.395. The van der Waals surface area contributed by atoms with Gasteiger partial charge in [-0.15, -0.1) is 0 Å². The molecule has 0 saturated carbocycles. The Morgan fingerprint density at radius 1 is 1.18 bits per heavy atom. The van der Waals surface area contributed by atoms with Crippen LogP contribution in [0.15, 0.2) is 24.3 Å². The summed E-state index contributed by atoms with van der Waals surface area (Å²) >= 11 is 5.80. The largest absolute Gasteiger partial charge is 0.197 e. The van der Waals surface area contributed by atoms with E-state index in [1.807, 2.05) is 26.0 Å². The van der Waals surface area contributed by atoms with Gasteiger partial charge in [-0.3, -0.25) is 0 Å². The molecule has 0 aliphatic heterocycles. The van der Waals surface area contributed by atoms with Gasteiger partial charge in [0.25, 0.3) is 0 Å². The molecule has 0 amide bonds. The molecule has 0 unspecified atom stereocenters. The molecule has 3 heteroatoms. The molecule has 0 aromatic heterocycles. The molecule has 1 aromatic rings. The normalized spacial score (nSPS) is 10.9. The van der Waals surface area contributed by atoms with Crippen molar-refractivity contribution in [1.82, 2.24) is 0 Å². The standard InChI is InChI=1S/C14H15ClN2/c1-11(2)7-14(9-16,10-17)8-12-3-5-13(15)6-4-12/h3-6,11H,7-8H2,1-2H3. The molecular formula is C14H15ClN2. The molecule has 0 aliphatic carbocycles. The third-order valence-corrected chi connectivity index (χ3v) is 2.86. The van der Waals surface area contributed by atoms with Crippen LogP contribution in [0, 0.1) is 34.0 Å². The van der Waals surface area contributed by atoms with Gasteiger partial charge in [-0.2, -0.15) is 10.5 Å². The lowest BCUT2D eigenvalue weighted by atomic mass is 9.78. The molecule has 0 radical (unpaired) electrons. The van der Waals surface area contributed by atoms with Gasteiger partial charge in [-0.25, -0.2) is 0 Å². The summed E-state index contributed by atoms with van der Waals surface area (Å²) in [7, 11) is 0. The highest BCUT2D eigenvalue weighted by molar-refractivity contribution is 6.30. The molecule has 0 N–H and O–H groups in total. The highest BCUT2D eigenvalue weighted by Crippen LogP contribution is 2.29. The molecule has 0 aliphatic rings. The lowest BCUT2D eigenvalue weighted by Gasteiger charge is -2.20. The number of nitrogens with zero attached hydrogens (tertiary/aromatic N) is 2. The summed E-state index contributed by atoms with van der Waals surface area (Å²) < 4.78 is 0. The van der Waals surface area contributed by atoms with Crippen LogP contribution in [0.5, 0.6) is 0 Å². The van der Waals surface area contributed by atoms with E-state index >= 15 is 0 Å². The predicted octanol–water partition coefficient (Wildman–Crippen LogP) is 3.96. The van der Waals surface area contributed by atoms with Crippen LogP contribution in [-0.2, 0) is 6.42 Å². The summed E-state index contributed by atoms with van der Waals surface area (Å²) in [6.07, 6.45) is 1.04. The average molecular weight is 247 g/mol. The van der Waals surface area contributed by atoms with Gasteiger partial charge in [-0.1, -0.05) is 37.6 Å². The molecular weight excluding hydrogens is 232 g/mol. The van der Waals surface area contributed by atoms with Gasteiger partial charge in [0, 0.05) is 11.4 Å². The third kappa shape index (κ3) is 3.77. The first-order valence-electron chi connectivity index (χ1n) is 5.58. The van der Waals surface area contributed by atoms with E-state index < -0.39 is 5.41 Å². The van der Waals surface area contributed by atoms with Gasteiger partial charge >= 0.3 is 0 Å². The van der Waals surface area contributed by atoms with E-state index in [0.29, 0.717) is 23.8 Å². The highest BCUT2D eigenvalue weighted by Gasteiger charge is 2.31. The first kappa shape index (κ1) is 13.6. The second kappa shape index (κ2) is 5.71. The first-order valence-corrected chi connectivity index (χ1v) is 5.96. The van der Waals surface area contributed by atoms with Crippen molar-refractivity contribution in [3.8, 4) is 12.1 Å². The number of benzene rings is 1. The van der Waals surface area contributed by atoms with Crippen molar-refractivity contribution in [2.24, 2.45) is 11.3 Å². The molecule has 0 bridgehead atoms. The lowest BCUT2D eigenvalue weighted by Crippen LogP contribution is -2.22. The van der Waals surface area contributed by atoms with E-state index in [4.69, 9.17) is 11.6 Å². The second-order valence-corrected chi connectivity index (χ2v) is 5.14. The van der Waals surface area contributed by atoms with E-state index in [9.17, 15) is 10.5 Å². The number of hydrogen-bond acceptors (Lipinski definition) is 2. The summed E-state index contributed by atoms with van der Waals surface area (Å²) in [5, 5.41) is 19.1. The number of rotatable bonds is 4. The smallest absolute Gasteiger partial charge is 0.148 e. The third-order valence-electron chi connectivity index (χ3n) is 2.60. The molecule has 2 nitrogen and oxygen atoms in total. The Morgan fingerprint density at radius 2 is 1.71 bits per heavy atom. The minimum Gasteiger partial charge on any atom is -0.197 e. The van der Waals surface area contributed by atoms with Crippen molar-refractivity contribution >= 4 is 11.6 Å².